The van der Waals surface area contributed by atoms with Crippen LogP contribution in [0.25, 0.3) is 97.7 Å². The van der Waals surface area contributed by atoms with Gasteiger partial charge in [-0.2, -0.15) is 0 Å². The maximum absolute atomic E-state index is 6.96. The summed E-state index contributed by atoms with van der Waals surface area (Å²) in [4.78, 5) is 2.36. The minimum Gasteiger partial charge on any atom is -0.455 e. The van der Waals surface area contributed by atoms with E-state index in [1.165, 1.54) is 64.7 Å². The molecule has 0 aliphatic rings. The first-order valence-corrected chi connectivity index (χ1v) is 22.2. The Kier molecular flexibility index (Phi) is 9.06. The van der Waals surface area contributed by atoms with Crippen LogP contribution in [0.2, 0.25) is 0 Å². The van der Waals surface area contributed by atoms with Crippen molar-refractivity contribution in [3.63, 3.8) is 0 Å². The molecule has 63 heavy (non-hydrogen) atoms. The third kappa shape index (κ3) is 6.67. The summed E-state index contributed by atoms with van der Waals surface area (Å²) in [6.07, 6.45) is 0. The quantitative estimate of drug-likeness (QED) is 0.152. The number of hydrogen-bond donors (Lipinski definition) is 0. The summed E-state index contributed by atoms with van der Waals surface area (Å²) in [5, 5.41) is 4.71. The van der Waals surface area contributed by atoms with Crippen molar-refractivity contribution in [1.29, 1.82) is 0 Å². The summed E-state index contributed by atoms with van der Waals surface area (Å²) in [5.41, 5.74) is 16.8. The molecule has 0 radical (unpaired) electrons. The van der Waals surface area contributed by atoms with Gasteiger partial charge in [-0.1, -0.05) is 182 Å². The fourth-order valence-electron chi connectivity index (χ4n) is 9.13. The Bertz CT molecular complexity index is 3440. The van der Waals surface area contributed by atoms with Crippen molar-refractivity contribution in [3.8, 4) is 55.6 Å². The van der Waals surface area contributed by atoms with Gasteiger partial charge >= 0.3 is 0 Å². The molecular weight excluding hydrogens is 783 g/mol. The molecule has 0 atom stereocenters. The van der Waals surface area contributed by atoms with Crippen molar-refractivity contribution in [2.75, 3.05) is 4.90 Å². The summed E-state index contributed by atoms with van der Waals surface area (Å²) in [6, 6.07) is 85.2. The van der Waals surface area contributed by atoms with Crippen molar-refractivity contribution in [2.45, 2.75) is 0 Å². The number of nitrogens with zero attached hydrogens (tertiary/aromatic N) is 1. The van der Waals surface area contributed by atoms with Gasteiger partial charge in [-0.25, -0.2) is 0 Å². The average molecular weight is 822 g/mol. The van der Waals surface area contributed by atoms with E-state index in [9.17, 15) is 0 Å². The van der Waals surface area contributed by atoms with Crippen LogP contribution in [0.4, 0.5) is 17.1 Å². The fourth-order valence-corrected chi connectivity index (χ4v) is 10.2. The summed E-state index contributed by atoms with van der Waals surface area (Å²) >= 11 is 1.82. The molecule has 0 saturated heterocycles. The lowest BCUT2D eigenvalue weighted by Gasteiger charge is -2.26. The van der Waals surface area contributed by atoms with Crippen molar-refractivity contribution >= 4 is 70.5 Å². The summed E-state index contributed by atoms with van der Waals surface area (Å²) < 4.78 is 9.47. The van der Waals surface area contributed by atoms with E-state index in [0.29, 0.717) is 0 Å². The van der Waals surface area contributed by atoms with Crippen LogP contribution in [-0.2, 0) is 0 Å². The Labute approximate surface area is 370 Å². The number of furan rings is 1. The molecule has 0 saturated carbocycles. The molecule has 0 aliphatic carbocycles. The molecule has 0 aliphatic heterocycles. The maximum Gasteiger partial charge on any atom is 0.144 e. The second-order valence-corrected chi connectivity index (χ2v) is 17.1. The minimum absolute atomic E-state index is 0.907. The van der Waals surface area contributed by atoms with Gasteiger partial charge in [0, 0.05) is 53.6 Å². The molecule has 0 unspecified atom stereocenters. The number of thiophene rings is 1. The standard InChI is InChI=1S/C60H39NOS/c1-3-11-40(12-4-1)42-21-25-44(26-22-42)46-29-33-49(34-30-46)61(50-35-31-47(32-36-50)45-27-23-43(24-28-45)41-13-5-2-6-14-41)51-16-9-15-48(39-51)52-18-10-19-53-54-37-38-57-58(60(54)62-59(52)53)55-17-7-8-20-56(55)63-57/h1-39H. The van der Waals surface area contributed by atoms with Crippen molar-refractivity contribution < 1.29 is 4.42 Å². The Morgan fingerprint density at radius 1 is 0.286 bits per heavy atom. The van der Waals surface area contributed by atoms with Gasteiger partial charge in [-0.3, -0.25) is 0 Å². The highest BCUT2D eigenvalue weighted by Gasteiger charge is 2.19. The molecule has 0 bridgehead atoms. The third-order valence-electron chi connectivity index (χ3n) is 12.3. The van der Waals surface area contributed by atoms with E-state index in [1.807, 2.05) is 11.3 Å². The molecule has 296 valence electrons. The third-order valence-corrected chi connectivity index (χ3v) is 13.5. The lowest BCUT2D eigenvalue weighted by atomic mass is 9.99. The Balaban J connectivity index is 0.937. The number of hydrogen-bond acceptors (Lipinski definition) is 3. The van der Waals surface area contributed by atoms with E-state index < -0.39 is 0 Å². The normalized spacial score (nSPS) is 11.5. The smallest absolute Gasteiger partial charge is 0.144 e. The maximum atomic E-state index is 6.96. The SMILES string of the molecule is c1ccc(-c2ccc(-c3ccc(N(c4ccc(-c5ccc(-c6ccccc6)cc5)cc4)c4cccc(-c5cccc6c5oc5c6ccc6sc7ccccc7c65)c4)cc3)cc2)cc1. The first-order chi connectivity index (χ1) is 31.2. The number of benzene rings is 10. The molecule has 2 aromatic heterocycles. The Hall–Kier alpha value is -7.98. The molecule has 10 aromatic carbocycles. The molecule has 3 heteroatoms. The molecule has 12 aromatic rings. The second kappa shape index (κ2) is 15.5. The Morgan fingerprint density at radius 3 is 1.30 bits per heavy atom. The van der Waals surface area contributed by atoms with Crippen molar-refractivity contribution in [3.05, 3.63) is 237 Å². The number of anilines is 3. The van der Waals surface area contributed by atoms with Crippen LogP contribution in [0.1, 0.15) is 0 Å². The first-order valence-electron chi connectivity index (χ1n) is 21.4. The van der Waals surface area contributed by atoms with Crippen molar-refractivity contribution in [1.82, 2.24) is 0 Å². The van der Waals surface area contributed by atoms with Gasteiger partial charge in [0.2, 0.25) is 0 Å². The number of rotatable bonds is 8. The molecule has 2 nitrogen and oxygen atoms in total. The van der Waals surface area contributed by atoms with E-state index >= 15 is 0 Å². The molecule has 0 spiro atoms. The number of fused-ring (bicyclic) bond motifs is 7. The van der Waals surface area contributed by atoms with Crippen LogP contribution in [0.3, 0.4) is 0 Å². The average Bonchev–Trinajstić information content (AvgIpc) is 3.94. The zero-order chi connectivity index (χ0) is 41.7. The molecule has 0 amide bonds. The first kappa shape index (κ1) is 36.8. The van der Waals surface area contributed by atoms with Crippen molar-refractivity contribution in [2.24, 2.45) is 0 Å². The topological polar surface area (TPSA) is 16.4 Å². The zero-order valence-corrected chi connectivity index (χ0v) is 35.1. The summed E-state index contributed by atoms with van der Waals surface area (Å²) in [7, 11) is 0. The lowest BCUT2D eigenvalue weighted by Crippen LogP contribution is -2.10. The molecule has 0 N–H and O–H groups in total. The lowest BCUT2D eigenvalue weighted by molar-refractivity contribution is 0.674. The molecule has 2 heterocycles. The van der Waals surface area contributed by atoms with Crippen LogP contribution in [-0.4, -0.2) is 0 Å². The van der Waals surface area contributed by atoms with Gasteiger partial charge in [0.1, 0.15) is 11.2 Å². The zero-order valence-electron chi connectivity index (χ0n) is 34.3. The number of para-hydroxylation sites is 1. The molecule has 0 fully saturated rings. The minimum atomic E-state index is 0.907. The van der Waals surface area contributed by atoms with Gasteiger partial charge in [-0.05, 0) is 105 Å². The molecule has 12 rings (SSSR count). The fraction of sp³-hybridized carbons (Fsp3) is 0. The van der Waals surface area contributed by atoms with E-state index in [-0.39, 0.29) is 0 Å². The van der Waals surface area contributed by atoms with Crippen LogP contribution >= 0.6 is 11.3 Å². The van der Waals surface area contributed by atoms with E-state index in [0.717, 1.165) is 50.1 Å². The van der Waals surface area contributed by atoms with E-state index in [1.54, 1.807) is 0 Å². The van der Waals surface area contributed by atoms with Crippen LogP contribution in [0.15, 0.2) is 241 Å². The van der Waals surface area contributed by atoms with Crippen LogP contribution < -0.4 is 4.90 Å². The predicted octanol–water partition coefficient (Wildman–Crippen LogP) is 17.8. The van der Waals surface area contributed by atoms with Gasteiger partial charge in [0.25, 0.3) is 0 Å². The highest BCUT2D eigenvalue weighted by Crippen LogP contribution is 2.45. The van der Waals surface area contributed by atoms with E-state index in [4.69, 9.17) is 4.42 Å². The van der Waals surface area contributed by atoms with E-state index in [2.05, 4.69) is 241 Å². The van der Waals surface area contributed by atoms with Gasteiger partial charge in [-0.15, -0.1) is 11.3 Å². The van der Waals surface area contributed by atoms with Gasteiger partial charge in [0.15, 0.2) is 0 Å². The monoisotopic (exact) mass is 821 g/mol. The van der Waals surface area contributed by atoms with Crippen LogP contribution in [0.5, 0.6) is 0 Å². The summed E-state index contributed by atoms with van der Waals surface area (Å²) in [6.45, 7) is 0. The largest absolute Gasteiger partial charge is 0.455 e. The second-order valence-electron chi connectivity index (χ2n) is 16.1. The predicted molar refractivity (Wildman–Crippen MR) is 268 cm³/mol. The highest BCUT2D eigenvalue weighted by molar-refractivity contribution is 7.26. The Morgan fingerprint density at radius 2 is 0.730 bits per heavy atom. The molecular formula is C60H39NOS. The van der Waals surface area contributed by atoms with Gasteiger partial charge in [0.05, 0.1) is 0 Å². The van der Waals surface area contributed by atoms with Crippen LogP contribution in [0, 0.1) is 0 Å². The summed E-state index contributed by atoms with van der Waals surface area (Å²) in [5.74, 6) is 0. The highest BCUT2D eigenvalue weighted by atomic mass is 32.1. The van der Waals surface area contributed by atoms with Gasteiger partial charge < -0.3 is 9.32 Å².